The average Bonchev–Trinajstić information content (AvgIpc) is 2.01. The van der Waals surface area contributed by atoms with Crippen LogP contribution >= 0.6 is 34.8 Å². The molecule has 6 heteroatoms. The van der Waals surface area contributed by atoms with Crippen molar-refractivity contribution in [1.82, 2.24) is 0 Å². The number of alkyl halides is 3. The summed E-state index contributed by atoms with van der Waals surface area (Å²) in [5, 5.41) is 0. The fourth-order valence-corrected chi connectivity index (χ4v) is 1.34. The minimum atomic E-state index is -1.95. The molecule has 0 fully saturated rings. The van der Waals surface area contributed by atoms with Gasteiger partial charge in [0.25, 0.3) is 0 Å². The standard InChI is InChI=1S/C8H4Cl3FO2/c9-8(10,11)5-3-1-2-4-6(5)14-7(12)13/h1-4H. The Morgan fingerprint density at radius 2 is 1.86 bits per heavy atom. The number of carbonyl (C=O) groups excluding carboxylic acids is 1. The van der Waals surface area contributed by atoms with E-state index in [0.29, 0.717) is 0 Å². The zero-order valence-electron chi connectivity index (χ0n) is 6.64. The number of halogens is 4. The van der Waals surface area contributed by atoms with Gasteiger partial charge in [0.1, 0.15) is 5.75 Å². The van der Waals surface area contributed by atoms with Gasteiger partial charge in [-0.15, -0.1) is 4.39 Å². The molecule has 0 bridgehead atoms. The van der Waals surface area contributed by atoms with Crippen LogP contribution in [0, 0.1) is 0 Å². The van der Waals surface area contributed by atoms with Crippen LogP contribution in [-0.2, 0) is 3.79 Å². The number of hydrogen-bond acceptors (Lipinski definition) is 2. The second kappa shape index (κ2) is 4.34. The summed E-state index contributed by atoms with van der Waals surface area (Å²) < 4.78 is 14.4. The molecular weight excluding hydrogens is 253 g/mol. The lowest BCUT2D eigenvalue weighted by atomic mass is 10.2. The maximum Gasteiger partial charge on any atom is 0.500 e. The van der Waals surface area contributed by atoms with Gasteiger partial charge in [0.2, 0.25) is 3.79 Å². The van der Waals surface area contributed by atoms with Gasteiger partial charge in [-0.3, -0.25) is 0 Å². The SMILES string of the molecule is O=C(F)Oc1ccccc1C(Cl)(Cl)Cl. The molecule has 0 unspecified atom stereocenters. The minimum Gasteiger partial charge on any atom is -0.401 e. The molecule has 0 aliphatic heterocycles. The van der Waals surface area contributed by atoms with Crippen molar-refractivity contribution in [3.05, 3.63) is 29.8 Å². The van der Waals surface area contributed by atoms with E-state index in [2.05, 4.69) is 4.74 Å². The van der Waals surface area contributed by atoms with Crippen molar-refractivity contribution in [3.63, 3.8) is 0 Å². The van der Waals surface area contributed by atoms with E-state index >= 15 is 0 Å². The second-order valence-corrected chi connectivity index (χ2v) is 4.61. The normalized spacial score (nSPS) is 11.1. The molecular formula is C8H4Cl3FO2. The molecule has 0 saturated carbocycles. The molecule has 14 heavy (non-hydrogen) atoms. The van der Waals surface area contributed by atoms with Gasteiger partial charge in [0.15, 0.2) is 0 Å². The molecule has 0 aliphatic carbocycles. The zero-order chi connectivity index (χ0) is 10.8. The molecule has 1 rings (SSSR count). The molecule has 1 aromatic carbocycles. The van der Waals surface area contributed by atoms with Gasteiger partial charge in [0, 0.05) is 5.56 Å². The van der Waals surface area contributed by atoms with Crippen LogP contribution in [0.5, 0.6) is 5.75 Å². The summed E-state index contributed by atoms with van der Waals surface area (Å²) in [7, 11) is 0. The topological polar surface area (TPSA) is 26.3 Å². The highest BCUT2D eigenvalue weighted by Gasteiger charge is 2.27. The lowest BCUT2D eigenvalue weighted by Crippen LogP contribution is -2.06. The first-order valence-corrected chi connectivity index (χ1v) is 4.58. The van der Waals surface area contributed by atoms with Crippen LogP contribution in [0.25, 0.3) is 0 Å². The maximum atomic E-state index is 12.0. The monoisotopic (exact) mass is 256 g/mol. The molecule has 0 amide bonds. The Morgan fingerprint density at radius 1 is 1.29 bits per heavy atom. The van der Waals surface area contributed by atoms with E-state index in [-0.39, 0.29) is 11.3 Å². The maximum absolute atomic E-state index is 12.0. The van der Waals surface area contributed by atoms with Gasteiger partial charge >= 0.3 is 6.22 Å². The van der Waals surface area contributed by atoms with E-state index in [1.54, 1.807) is 6.07 Å². The second-order valence-electron chi connectivity index (χ2n) is 2.33. The van der Waals surface area contributed by atoms with Crippen LogP contribution in [0.4, 0.5) is 9.18 Å². The molecule has 0 spiro atoms. The predicted molar refractivity (Wildman–Crippen MR) is 52.8 cm³/mol. The minimum absolute atomic E-state index is 0.107. The molecule has 0 saturated heterocycles. The van der Waals surface area contributed by atoms with E-state index in [1.807, 2.05) is 0 Å². The van der Waals surface area contributed by atoms with Crippen molar-refractivity contribution in [1.29, 1.82) is 0 Å². The van der Waals surface area contributed by atoms with Crippen molar-refractivity contribution in [3.8, 4) is 5.75 Å². The lowest BCUT2D eigenvalue weighted by Gasteiger charge is -2.14. The van der Waals surface area contributed by atoms with Crippen molar-refractivity contribution >= 4 is 41.0 Å². The summed E-state index contributed by atoms with van der Waals surface area (Å²) in [5.41, 5.74) is 0.107. The first-order valence-electron chi connectivity index (χ1n) is 3.45. The number of benzene rings is 1. The van der Waals surface area contributed by atoms with Gasteiger partial charge in [-0.25, -0.2) is 4.79 Å². The highest BCUT2D eigenvalue weighted by molar-refractivity contribution is 6.66. The third-order valence-electron chi connectivity index (χ3n) is 1.38. The Bertz CT molecular complexity index is 349. The van der Waals surface area contributed by atoms with Crippen molar-refractivity contribution in [2.24, 2.45) is 0 Å². The number of ether oxygens (including phenoxy) is 1. The van der Waals surface area contributed by atoms with Crippen molar-refractivity contribution in [2.45, 2.75) is 3.79 Å². The Hall–Kier alpha value is -0.510. The molecule has 0 radical (unpaired) electrons. The summed E-state index contributed by atoms with van der Waals surface area (Å²) in [5.74, 6) is -0.111. The van der Waals surface area contributed by atoms with Crippen molar-refractivity contribution < 1.29 is 13.9 Å². The highest BCUT2D eigenvalue weighted by Crippen LogP contribution is 2.42. The largest absolute Gasteiger partial charge is 0.500 e. The fourth-order valence-electron chi connectivity index (χ4n) is 0.876. The summed E-state index contributed by atoms with van der Waals surface area (Å²) in [6, 6.07) is 5.85. The van der Waals surface area contributed by atoms with Crippen LogP contribution in [0.2, 0.25) is 0 Å². The number of para-hydroxylation sites is 1. The molecule has 0 N–H and O–H groups in total. The molecule has 0 atom stereocenters. The first-order chi connectivity index (χ1) is 6.41. The van der Waals surface area contributed by atoms with Gasteiger partial charge in [-0.2, -0.15) is 0 Å². The third-order valence-corrected chi connectivity index (χ3v) is 1.99. The van der Waals surface area contributed by atoms with Gasteiger partial charge in [0.05, 0.1) is 0 Å². The lowest BCUT2D eigenvalue weighted by molar-refractivity contribution is 0.175. The van der Waals surface area contributed by atoms with E-state index in [9.17, 15) is 9.18 Å². The molecule has 0 heterocycles. The van der Waals surface area contributed by atoms with Crippen LogP contribution < -0.4 is 4.74 Å². The number of carbonyl (C=O) groups is 1. The van der Waals surface area contributed by atoms with Crippen LogP contribution in [0.15, 0.2) is 24.3 Å². The Kier molecular flexibility index (Phi) is 3.59. The quantitative estimate of drug-likeness (QED) is 0.562. The first kappa shape index (κ1) is 11.6. The molecule has 2 nitrogen and oxygen atoms in total. The number of hydrogen-bond donors (Lipinski definition) is 0. The van der Waals surface area contributed by atoms with Crippen LogP contribution in [0.1, 0.15) is 5.56 Å². The third kappa shape index (κ3) is 3.01. The zero-order valence-corrected chi connectivity index (χ0v) is 8.91. The Labute approximate surface area is 94.5 Å². The Morgan fingerprint density at radius 3 is 2.36 bits per heavy atom. The summed E-state index contributed by atoms with van der Waals surface area (Å²) in [6.45, 7) is 0. The Balaban J connectivity index is 3.10. The molecule has 1 aromatic rings. The van der Waals surface area contributed by atoms with Crippen LogP contribution in [-0.4, -0.2) is 6.22 Å². The van der Waals surface area contributed by atoms with E-state index in [0.717, 1.165) is 0 Å². The van der Waals surface area contributed by atoms with Gasteiger partial charge < -0.3 is 4.74 Å². The predicted octanol–water partition coefficient (Wildman–Crippen LogP) is 3.98. The van der Waals surface area contributed by atoms with E-state index in [4.69, 9.17) is 34.8 Å². The summed E-state index contributed by atoms with van der Waals surface area (Å²) >= 11 is 16.7. The fraction of sp³-hybridized carbons (Fsp3) is 0.125. The van der Waals surface area contributed by atoms with Gasteiger partial charge in [-0.1, -0.05) is 53.0 Å². The van der Waals surface area contributed by atoms with E-state index < -0.39 is 10.0 Å². The summed E-state index contributed by atoms with van der Waals surface area (Å²) in [6.07, 6.45) is -1.95. The summed E-state index contributed by atoms with van der Waals surface area (Å²) in [4.78, 5) is 10.1. The molecule has 0 aromatic heterocycles. The van der Waals surface area contributed by atoms with E-state index in [1.165, 1.54) is 18.2 Å². The molecule has 76 valence electrons. The average molecular weight is 257 g/mol. The van der Waals surface area contributed by atoms with Crippen LogP contribution in [0.3, 0.4) is 0 Å². The molecule has 0 aliphatic rings. The van der Waals surface area contributed by atoms with Gasteiger partial charge in [-0.05, 0) is 6.07 Å². The smallest absolute Gasteiger partial charge is 0.401 e. The number of rotatable bonds is 1. The highest BCUT2D eigenvalue weighted by atomic mass is 35.6. The van der Waals surface area contributed by atoms with Crippen molar-refractivity contribution in [2.75, 3.05) is 0 Å².